The topological polar surface area (TPSA) is 87.1 Å². The Bertz CT molecular complexity index is 768. The first kappa shape index (κ1) is 16.8. The molecule has 4 aliphatic carbocycles. The monoisotopic (exact) mass is 358 g/mol. The lowest BCUT2D eigenvalue weighted by atomic mass is 9.49. The summed E-state index contributed by atoms with van der Waals surface area (Å²) in [6.45, 7) is 3.67. The van der Waals surface area contributed by atoms with Gasteiger partial charge >= 0.3 is 0 Å². The third kappa shape index (κ3) is 1.68. The maximum Gasteiger partial charge on any atom is 0.193 e. The molecule has 5 rings (SSSR count). The van der Waals surface area contributed by atoms with E-state index >= 15 is 0 Å². The summed E-state index contributed by atoms with van der Waals surface area (Å²) in [5.41, 5.74) is -0.670. The maximum absolute atomic E-state index is 12.5. The SMILES string of the molecule is C[C@@H]1CC2C3CCC4=CC(=O)C=CC4(C)C3C(O)CC23O[C@]13C(=O)CO. The van der Waals surface area contributed by atoms with Gasteiger partial charge in [0.25, 0.3) is 0 Å². The number of rotatable bonds is 2. The number of epoxide rings is 1. The van der Waals surface area contributed by atoms with Crippen LogP contribution in [-0.4, -0.2) is 45.7 Å². The first-order valence-electron chi connectivity index (χ1n) is 9.77. The van der Waals surface area contributed by atoms with Crippen molar-refractivity contribution in [3.8, 4) is 0 Å². The molecule has 0 aromatic carbocycles. The number of ketones is 2. The summed E-state index contributed by atoms with van der Waals surface area (Å²) in [5.74, 6) is 0.391. The summed E-state index contributed by atoms with van der Waals surface area (Å²) in [6, 6.07) is 0. The van der Waals surface area contributed by atoms with E-state index < -0.39 is 23.9 Å². The standard InChI is InChI=1S/C21H26O5/c1-11-7-15-14-4-3-12-8-13(23)5-6-19(12,2)18(14)16(24)9-20(15)21(11,26-20)17(25)10-22/h5-6,8,11,14-16,18,22,24H,3-4,7,9-10H2,1-2H3/t11-,14?,15?,16?,18?,19?,20?,21+/m1/s1. The fourth-order valence-corrected chi connectivity index (χ4v) is 7.34. The Morgan fingerprint density at radius 3 is 2.92 bits per heavy atom. The molecule has 0 bridgehead atoms. The Kier molecular flexibility index (Phi) is 3.20. The maximum atomic E-state index is 12.5. The lowest BCUT2D eigenvalue weighted by molar-refractivity contribution is -0.128. The minimum atomic E-state index is -0.895. The van der Waals surface area contributed by atoms with Gasteiger partial charge in [-0.2, -0.15) is 0 Å². The van der Waals surface area contributed by atoms with E-state index in [1.54, 1.807) is 12.2 Å². The highest BCUT2D eigenvalue weighted by Crippen LogP contribution is 2.74. The molecule has 1 spiro atoms. The molecule has 26 heavy (non-hydrogen) atoms. The number of allylic oxidation sites excluding steroid dienone is 4. The highest BCUT2D eigenvalue weighted by molar-refractivity contribution is 6.01. The molecular weight excluding hydrogens is 332 g/mol. The molecule has 5 heteroatoms. The van der Waals surface area contributed by atoms with Gasteiger partial charge in [-0.1, -0.05) is 25.5 Å². The van der Waals surface area contributed by atoms with Crippen LogP contribution in [0.15, 0.2) is 23.8 Å². The van der Waals surface area contributed by atoms with E-state index in [9.17, 15) is 19.8 Å². The largest absolute Gasteiger partial charge is 0.393 e. The van der Waals surface area contributed by atoms with Gasteiger partial charge in [-0.05, 0) is 49.2 Å². The third-order valence-corrected chi connectivity index (χ3v) is 8.34. The van der Waals surface area contributed by atoms with E-state index in [2.05, 4.69) is 6.92 Å². The number of hydrogen-bond acceptors (Lipinski definition) is 5. The molecule has 0 aromatic rings. The summed E-state index contributed by atoms with van der Waals surface area (Å²) in [6.07, 6.45) is 7.89. The molecule has 140 valence electrons. The number of carbonyl (C=O) groups is 2. The predicted molar refractivity (Wildman–Crippen MR) is 93.1 cm³/mol. The van der Waals surface area contributed by atoms with Gasteiger partial charge in [0, 0.05) is 17.8 Å². The number of Topliss-reactive ketones (excluding diaryl/α,β-unsaturated/α-hetero) is 1. The lowest BCUT2D eigenvalue weighted by Gasteiger charge is -2.55. The smallest absolute Gasteiger partial charge is 0.193 e. The van der Waals surface area contributed by atoms with Crippen molar-refractivity contribution in [2.45, 2.75) is 56.8 Å². The molecule has 2 N–H and O–H groups in total. The summed E-state index contributed by atoms with van der Waals surface area (Å²) in [4.78, 5) is 24.3. The van der Waals surface area contributed by atoms with Crippen LogP contribution in [0.1, 0.15) is 39.5 Å². The quantitative estimate of drug-likeness (QED) is 0.732. The van der Waals surface area contributed by atoms with E-state index in [0.29, 0.717) is 6.42 Å². The molecule has 1 saturated heterocycles. The Balaban J connectivity index is 1.55. The van der Waals surface area contributed by atoms with Crippen LogP contribution < -0.4 is 0 Å². The average Bonchev–Trinajstić information content (AvgIpc) is 3.20. The van der Waals surface area contributed by atoms with Crippen LogP contribution in [0.25, 0.3) is 0 Å². The van der Waals surface area contributed by atoms with Gasteiger partial charge < -0.3 is 14.9 Å². The van der Waals surface area contributed by atoms with Gasteiger partial charge in [-0.25, -0.2) is 0 Å². The number of fused-ring (bicyclic) bond motifs is 4. The van der Waals surface area contributed by atoms with Crippen molar-refractivity contribution in [3.63, 3.8) is 0 Å². The zero-order valence-corrected chi connectivity index (χ0v) is 15.3. The molecular formula is C21H26O5. The Labute approximate surface area is 153 Å². The minimum absolute atomic E-state index is 0.0327. The highest BCUT2D eigenvalue weighted by atomic mass is 16.6. The summed E-state index contributed by atoms with van der Waals surface area (Å²) < 4.78 is 6.15. The van der Waals surface area contributed by atoms with Crippen LogP contribution in [0.5, 0.6) is 0 Å². The highest BCUT2D eigenvalue weighted by Gasteiger charge is 2.85. The number of aliphatic hydroxyl groups is 2. The molecule has 6 unspecified atom stereocenters. The number of hydrogen-bond donors (Lipinski definition) is 2. The van der Waals surface area contributed by atoms with Crippen LogP contribution in [0.3, 0.4) is 0 Å². The van der Waals surface area contributed by atoms with Gasteiger partial charge in [0.2, 0.25) is 0 Å². The van der Waals surface area contributed by atoms with Crippen LogP contribution in [0, 0.1) is 29.1 Å². The van der Waals surface area contributed by atoms with E-state index in [1.165, 1.54) is 0 Å². The fraction of sp³-hybridized carbons (Fsp3) is 0.714. The Morgan fingerprint density at radius 2 is 2.19 bits per heavy atom. The second-order valence-electron chi connectivity index (χ2n) is 9.24. The summed E-state index contributed by atoms with van der Waals surface area (Å²) in [7, 11) is 0. The minimum Gasteiger partial charge on any atom is -0.393 e. The molecule has 1 aliphatic heterocycles. The molecule has 3 saturated carbocycles. The second kappa shape index (κ2) is 4.94. The van der Waals surface area contributed by atoms with Crippen molar-refractivity contribution >= 4 is 11.6 Å². The van der Waals surface area contributed by atoms with Crippen molar-refractivity contribution in [1.82, 2.24) is 0 Å². The van der Waals surface area contributed by atoms with Gasteiger partial charge in [0.1, 0.15) is 12.2 Å². The number of ether oxygens (including phenoxy) is 1. The van der Waals surface area contributed by atoms with Crippen LogP contribution >= 0.6 is 0 Å². The van der Waals surface area contributed by atoms with Crippen molar-refractivity contribution in [1.29, 1.82) is 0 Å². The van der Waals surface area contributed by atoms with E-state index in [4.69, 9.17) is 4.74 Å². The van der Waals surface area contributed by atoms with Gasteiger partial charge in [0.15, 0.2) is 17.2 Å². The van der Waals surface area contributed by atoms with E-state index in [1.807, 2.05) is 13.0 Å². The van der Waals surface area contributed by atoms with E-state index in [0.717, 1.165) is 24.8 Å². The van der Waals surface area contributed by atoms with Crippen LogP contribution in [0.4, 0.5) is 0 Å². The first-order chi connectivity index (χ1) is 12.3. The van der Waals surface area contributed by atoms with Crippen molar-refractivity contribution in [2.24, 2.45) is 29.1 Å². The first-order valence-corrected chi connectivity index (χ1v) is 9.77. The number of aliphatic hydroxyl groups excluding tert-OH is 2. The fourth-order valence-electron chi connectivity index (χ4n) is 7.34. The third-order valence-electron chi connectivity index (χ3n) is 8.34. The Morgan fingerprint density at radius 1 is 1.42 bits per heavy atom. The molecule has 5 aliphatic rings. The molecule has 0 radical (unpaired) electrons. The average molecular weight is 358 g/mol. The Hall–Kier alpha value is -1.30. The molecule has 5 nitrogen and oxygen atoms in total. The van der Waals surface area contributed by atoms with Crippen LogP contribution in [-0.2, 0) is 14.3 Å². The van der Waals surface area contributed by atoms with Gasteiger partial charge in [-0.3, -0.25) is 9.59 Å². The van der Waals surface area contributed by atoms with Crippen molar-refractivity contribution in [3.05, 3.63) is 23.8 Å². The molecule has 0 aromatic heterocycles. The number of carbonyl (C=O) groups excluding carboxylic acids is 2. The van der Waals surface area contributed by atoms with Gasteiger partial charge in [0.05, 0.1) is 6.10 Å². The van der Waals surface area contributed by atoms with Gasteiger partial charge in [-0.15, -0.1) is 0 Å². The normalized spacial score (nSPS) is 53.9. The molecule has 1 heterocycles. The molecule has 4 fully saturated rings. The zero-order valence-electron chi connectivity index (χ0n) is 15.3. The molecule has 8 atom stereocenters. The van der Waals surface area contributed by atoms with Crippen molar-refractivity contribution < 1.29 is 24.5 Å². The lowest BCUT2D eigenvalue weighted by Crippen LogP contribution is -2.56. The van der Waals surface area contributed by atoms with Crippen LogP contribution in [0.2, 0.25) is 0 Å². The van der Waals surface area contributed by atoms with E-state index in [-0.39, 0.29) is 40.7 Å². The summed E-state index contributed by atoms with van der Waals surface area (Å²) in [5, 5.41) is 20.6. The predicted octanol–water partition coefficient (Wildman–Crippen LogP) is 1.57. The molecule has 0 amide bonds. The zero-order chi connectivity index (χ0) is 18.5. The summed E-state index contributed by atoms with van der Waals surface area (Å²) >= 11 is 0. The second-order valence-corrected chi connectivity index (χ2v) is 9.24. The van der Waals surface area contributed by atoms with Crippen molar-refractivity contribution in [2.75, 3.05) is 6.61 Å².